The molecule has 0 radical (unpaired) electrons. The SMILES string of the molecule is CC1CCNC1C.CCN. The van der Waals surface area contributed by atoms with Crippen LogP contribution in [0, 0.1) is 5.92 Å². The molecule has 0 amide bonds. The molecule has 1 aliphatic heterocycles. The predicted molar refractivity (Wildman–Crippen MR) is 46.0 cm³/mol. The van der Waals surface area contributed by atoms with Crippen LogP contribution in [0.4, 0.5) is 0 Å². The van der Waals surface area contributed by atoms with E-state index in [-0.39, 0.29) is 0 Å². The lowest BCUT2D eigenvalue weighted by atomic mass is 10.1. The van der Waals surface area contributed by atoms with Crippen LogP contribution in [0.3, 0.4) is 0 Å². The fraction of sp³-hybridized carbons (Fsp3) is 1.00. The summed E-state index contributed by atoms with van der Waals surface area (Å²) >= 11 is 0. The van der Waals surface area contributed by atoms with Gasteiger partial charge in [0.25, 0.3) is 0 Å². The zero-order valence-corrected chi connectivity index (χ0v) is 7.35. The molecule has 0 aliphatic carbocycles. The standard InChI is InChI=1S/C6H13N.C2H7N/c1-5-3-4-7-6(5)2;1-2-3/h5-7H,3-4H2,1-2H3;2-3H2,1H3. The molecule has 0 aromatic rings. The van der Waals surface area contributed by atoms with Crippen molar-refractivity contribution >= 4 is 0 Å². The van der Waals surface area contributed by atoms with Gasteiger partial charge in [0.15, 0.2) is 0 Å². The van der Waals surface area contributed by atoms with Crippen LogP contribution in [-0.4, -0.2) is 19.1 Å². The molecule has 2 unspecified atom stereocenters. The third kappa shape index (κ3) is 3.85. The molecule has 1 aliphatic rings. The normalized spacial score (nSPS) is 31.2. The predicted octanol–water partition coefficient (Wildman–Crippen LogP) is 0.969. The van der Waals surface area contributed by atoms with E-state index >= 15 is 0 Å². The van der Waals surface area contributed by atoms with Crippen LogP contribution in [0.5, 0.6) is 0 Å². The van der Waals surface area contributed by atoms with Gasteiger partial charge >= 0.3 is 0 Å². The first-order chi connectivity index (χ1) is 4.72. The Bertz CT molecular complexity index is 65.7. The van der Waals surface area contributed by atoms with Gasteiger partial charge in [-0.05, 0) is 32.4 Å². The quantitative estimate of drug-likeness (QED) is 0.531. The van der Waals surface area contributed by atoms with Crippen molar-refractivity contribution in [3.63, 3.8) is 0 Å². The van der Waals surface area contributed by atoms with E-state index in [4.69, 9.17) is 5.73 Å². The van der Waals surface area contributed by atoms with E-state index in [0.29, 0.717) is 0 Å². The Hall–Kier alpha value is -0.0800. The molecule has 2 atom stereocenters. The largest absolute Gasteiger partial charge is 0.331 e. The monoisotopic (exact) mass is 144 g/mol. The first kappa shape index (κ1) is 9.92. The van der Waals surface area contributed by atoms with Gasteiger partial charge in [0, 0.05) is 6.04 Å². The van der Waals surface area contributed by atoms with Crippen molar-refractivity contribution < 1.29 is 0 Å². The second-order valence-electron chi connectivity index (χ2n) is 2.92. The fourth-order valence-corrected chi connectivity index (χ4v) is 0.990. The van der Waals surface area contributed by atoms with Crippen LogP contribution < -0.4 is 11.1 Å². The second kappa shape index (κ2) is 5.69. The molecule has 62 valence electrons. The average Bonchev–Trinajstić information content (AvgIpc) is 2.19. The average molecular weight is 144 g/mol. The summed E-state index contributed by atoms with van der Waals surface area (Å²) in [6, 6.07) is 0.764. The van der Waals surface area contributed by atoms with E-state index in [0.717, 1.165) is 18.5 Å². The van der Waals surface area contributed by atoms with Crippen molar-refractivity contribution in [1.29, 1.82) is 0 Å². The fourth-order valence-electron chi connectivity index (χ4n) is 0.990. The zero-order valence-electron chi connectivity index (χ0n) is 7.35. The second-order valence-corrected chi connectivity index (χ2v) is 2.92. The van der Waals surface area contributed by atoms with Crippen LogP contribution in [0.1, 0.15) is 27.2 Å². The van der Waals surface area contributed by atoms with E-state index in [2.05, 4.69) is 19.2 Å². The maximum absolute atomic E-state index is 4.85. The van der Waals surface area contributed by atoms with Gasteiger partial charge in [-0.15, -0.1) is 0 Å². The van der Waals surface area contributed by atoms with Crippen molar-refractivity contribution in [3.05, 3.63) is 0 Å². The zero-order chi connectivity index (χ0) is 7.98. The van der Waals surface area contributed by atoms with Gasteiger partial charge in [-0.1, -0.05) is 13.8 Å². The summed E-state index contributed by atoms with van der Waals surface area (Å²) in [4.78, 5) is 0. The van der Waals surface area contributed by atoms with Crippen molar-refractivity contribution in [1.82, 2.24) is 5.32 Å². The molecule has 0 saturated carbocycles. The van der Waals surface area contributed by atoms with Gasteiger partial charge in [-0.25, -0.2) is 0 Å². The third-order valence-electron chi connectivity index (χ3n) is 1.92. The molecule has 0 bridgehead atoms. The summed E-state index contributed by atoms with van der Waals surface area (Å²) < 4.78 is 0. The number of nitrogens with one attached hydrogen (secondary N) is 1. The summed E-state index contributed by atoms with van der Waals surface area (Å²) in [5.74, 6) is 0.903. The molecule has 1 heterocycles. The summed E-state index contributed by atoms with van der Waals surface area (Å²) in [7, 11) is 0. The number of nitrogens with two attached hydrogens (primary N) is 1. The third-order valence-corrected chi connectivity index (χ3v) is 1.92. The maximum Gasteiger partial charge on any atom is 0.00648 e. The molecular weight excluding hydrogens is 124 g/mol. The molecule has 1 fully saturated rings. The number of rotatable bonds is 0. The van der Waals surface area contributed by atoms with Crippen molar-refractivity contribution in [2.24, 2.45) is 11.7 Å². The molecule has 2 nitrogen and oxygen atoms in total. The number of hydrogen-bond acceptors (Lipinski definition) is 2. The molecule has 2 heteroatoms. The van der Waals surface area contributed by atoms with Crippen molar-refractivity contribution in [2.75, 3.05) is 13.1 Å². The first-order valence-corrected chi connectivity index (χ1v) is 4.15. The topological polar surface area (TPSA) is 38.0 Å². The molecule has 0 spiro atoms. The highest BCUT2D eigenvalue weighted by atomic mass is 14.9. The molecule has 1 rings (SSSR count). The van der Waals surface area contributed by atoms with Crippen LogP contribution in [0.2, 0.25) is 0 Å². The lowest BCUT2D eigenvalue weighted by Gasteiger charge is -2.05. The molecule has 3 N–H and O–H groups in total. The lowest BCUT2D eigenvalue weighted by Crippen LogP contribution is -2.20. The van der Waals surface area contributed by atoms with Gasteiger partial charge in [0.2, 0.25) is 0 Å². The Morgan fingerprint density at radius 2 is 2.00 bits per heavy atom. The van der Waals surface area contributed by atoms with E-state index in [9.17, 15) is 0 Å². The van der Waals surface area contributed by atoms with Gasteiger partial charge in [0.1, 0.15) is 0 Å². The highest BCUT2D eigenvalue weighted by Crippen LogP contribution is 2.12. The Balaban J connectivity index is 0.000000236. The van der Waals surface area contributed by atoms with Crippen LogP contribution in [0.15, 0.2) is 0 Å². The van der Waals surface area contributed by atoms with Gasteiger partial charge in [-0.2, -0.15) is 0 Å². The molecule has 0 aromatic heterocycles. The van der Waals surface area contributed by atoms with E-state index in [1.807, 2.05) is 6.92 Å². The molecule has 1 saturated heterocycles. The maximum atomic E-state index is 4.85. The van der Waals surface area contributed by atoms with Crippen LogP contribution >= 0.6 is 0 Å². The number of hydrogen-bond donors (Lipinski definition) is 2. The van der Waals surface area contributed by atoms with Crippen molar-refractivity contribution in [3.8, 4) is 0 Å². The Labute approximate surface area is 64.2 Å². The Morgan fingerprint density at radius 1 is 1.50 bits per heavy atom. The minimum Gasteiger partial charge on any atom is -0.331 e. The summed E-state index contributed by atoms with van der Waals surface area (Å²) in [5.41, 5.74) is 4.85. The van der Waals surface area contributed by atoms with Crippen LogP contribution in [-0.2, 0) is 0 Å². The van der Waals surface area contributed by atoms with Gasteiger partial charge in [0.05, 0.1) is 0 Å². The Morgan fingerprint density at radius 3 is 2.10 bits per heavy atom. The van der Waals surface area contributed by atoms with E-state index < -0.39 is 0 Å². The summed E-state index contributed by atoms with van der Waals surface area (Å²) in [6.45, 7) is 8.42. The summed E-state index contributed by atoms with van der Waals surface area (Å²) in [5, 5.41) is 3.37. The van der Waals surface area contributed by atoms with Gasteiger partial charge < -0.3 is 11.1 Å². The Kier molecular flexibility index (Phi) is 5.64. The van der Waals surface area contributed by atoms with Crippen molar-refractivity contribution in [2.45, 2.75) is 33.2 Å². The van der Waals surface area contributed by atoms with E-state index in [1.165, 1.54) is 13.0 Å². The molecular formula is C8H20N2. The molecule has 10 heavy (non-hydrogen) atoms. The first-order valence-electron chi connectivity index (χ1n) is 4.15. The van der Waals surface area contributed by atoms with Gasteiger partial charge in [-0.3, -0.25) is 0 Å². The highest BCUT2D eigenvalue weighted by molar-refractivity contribution is 4.75. The summed E-state index contributed by atoms with van der Waals surface area (Å²) in [6.07, 6.45) is 1.36. The minimum absolute atomic E-state index is 0.750. The highest BCUT2D eigenvalue weighted by Gasteiger charge is 2.16. The molecule has 0 aromatic carbocycles. The lowest BCUT2D eigenvalue weighted by molar-refractivity contribution is 0.519. The minimum atomic E-state index is 0.750. The van der Waals surface area contributed by atoms with E-state index in [1.54, 1.807) is 0 Å². The van der Waals surface area contributed by atoms with Crippen LogP contribution in [0.25, 0.3) is 0 Å². The smallest absolute Gasteiger partial charge is 0.00648 e.